The molecule has 0 spiro atoms. The first-order valence-electron chi connectivity index (χ1n) is 6.94. The highest BCUT2D eigenvalue weighted by atomic mass is 35.5. The van der Waals surface area contributed by atoms with Crippen LogP contribution in [-0.2, 0) is 7.05 Å². The van der Waals surface area contributed by atoms with Crippen molar-refractivity contribution in [1.29, 1.82) is 0 Å². The van der Waals surface area contributed by atoms with Crippen LogP contribution in [0.15, 0.2) is 24.5 Å². The molecule has 0 saturated heterocycles. The van der Waals surface area contributed by atoms with Gasteiger partial charge in [-0.15, -0.1) is 0 Å². The van der Waals surface area contributed by atoms with E-state index in [9.17, 15) is 4.79 Å². The average Bonchev–Trinajstić information content (AvgIpc) is 2.86. The summed E-state index contributed by atoms with van der Waals surface area (Å²) in [4.78, 5) is 16.2. The maximum absolute atomic E-state index is 12.0. The molecule has 0 aliphatic rings. The molecule has 114 valence electrons. The highest BCUT2D eigenvalue weighted by molar-refractivity contribution is 6.31. The maximum Gasteiger partial charge on any atom is 0.275 e. The summed E-state index contributed by atoms with van der Waals surface area (Å²) in [6.07, 6.45) is 3.25. The van der Waals surface area contributed by atoms with E-state index in [1.54, 1.807) is 36.3 Å². The largest absolute Gasteiger partial charge is 0.305 e. The maximum atomic E-state index is 12.0. The molecule has 2 rings (SSSR count). The van der Waals surface area contributed by atoms with E-state index in [1.807, 2.05) is 27.7 Å². The number of halogens is 1. The molecule has 6 heteroatoms. The normalized spacial score (nSPS) is 10.0. The van der Waals surface area contributed by atoms with Gasteiger partial charge < -0.3 is 5.32 Å². The molecule has 2 aromatic rings. The minimum atomic E-state index is -0.305. The van der Waals surface area contributed by atoms with Gasteiger partial charge >= 0.3 is 0 Å². The standard InChI is InChI=1S/C13H15ClN4O.C2H6/c1-8(2)9-7-15-11(6-10(9)14)13(19)17-12-4-5-16-18(12)3;1-2/h4-8H,1-3H3,(H,17,19);1-2H3. The summed E-state index contributed by atoms with van der Waals surface area (Å²) < 4.78 is 1.57. The Hall–Kier alpha value is -1.88. The van der Waals surface area contributed by atoms with E-state index in [0.29, 0.717) is 10.8 Å². The van der Waals surface area contributed by atoms with Gasteiger partial charge in [-0.2, -0.15) is 5.10 Å². The minimum absolute atomic E-state index is 0.272. The van der Waals surface area contributed by atoms with Crippen molar-refractivity contribution in [3.63, 3.8) is 0 Å². The third kappa shape index (κ3) is 4.29. The van der Waals surface area contributed by atoms with E-state index in [-0.39, 0.29) is 17.5 Å². The molecule has 2 heterocycles. The molecular formula is C15H21ClN4O. The Morgan fingerprint density at radius 2 is 2.05 bits per heavy atom. The first-order valence-corrected chi connectivity index (χ1v) is 7.31. The van der Waals surface area contributed by atoms with Crippen LogP contribution in [-0.4, -0.2) is 20.7 Å². The smallest absolute Gasteiger partial charge is 0.275 e. The van der Waals surface area contributed by atoms with Gasteiger partial charge in [-0.1, -0.05) is 39.3 Å². The highest BCUT2D eigenvalue weighted by Gasteiger charge is 2.13. The van der Waals surface area contributed by atoms with Gasteiger partial charge in [0.05, 0.1) is 6.20 Å². The molecular weight excluding hydrogens is 288 g/mol. The van der Waals surface area contributed by atoms with E-state index >= 15 is 0 Å². The lowest BCUT2D eigenvalue weighted by Gasteiger charge is -2.09. The lowest BCUT2D eigenvalue weighted by Crippen LogP contribution is -2.16. The fourth-order valence-electron chi connectivity index (χ4n) is 1.67. The van der Waals surface area contributed by atoms with Crippen molar-refractivity contribution in [2.75, 3.05) is 5.32 Å². The van der Waals surface area contributed by atoms with E-state index in [1.165, 1.54) is 0 Å². The Kier molecular flexibility index (Phi) is 6.37. The summed E-state index contributed by atoms with van der Waals surface area (Å²) in [6, 6.07) is 3.30. The molecule has 0 radical (unpaired) electrons. The number of pyridine rings is 1. The molecule has 0 aliphatic carbocycles. The van der Waals surface area contributed by atoms with Crippen molar-refractivity contribution >= 4 is 23.3 Å². The number of nitrogens with zero attached hydrogens (tertiary/aromatic N) is 3. The molecule has 5 nitrogen and oxygen atoms in total. The second-order valence-electron chi connectivity index (χ2n) is 4.54. The third-order valence-electron chi connectivity index (χ3n) is 2.80. The van der Waals surface area contributed by atoms with Gasteiger partial charge in [0.1, 0.15) is 11.5 Å². The zero-order valence-electron chi connectivity index (χ0n) is 13.0. The number of nitrogens with one attached hydrogen (secondary N) is 1. The number of carbonyl (C=O) groups is 1. The predicted molar refractivity (Wildman–Crippen MR) is 85.8 cm³/mol. The minimum Gasteiger partial charge on any atom is -0.305 e. The molecule has 0 atom stereocenters. The van der Waals surface area contributed by atoms with Crippen LogP contribution in [0.3, 0.4) is 0 Å². The van der Waals surface area contributed by atoms with Crippen molar-refractivity contribution < 1.29 is 4.79 Å². The van der Waals surface area contributed by atoms with Gasteiger partial charge in [0, 0.05) is 24.3 Å². The number of hydrogen-bond donors (Lipinski definition) is 1. The summed E-state index contributed by atoms with van der Waals surface area (Å²) in [5.74, 6) is 0.575. The third-order valence-corrected chi connectivity index (χ3v) is 3.13. The summed E-state index contributed by atoms with van der Waals surface area (Å²) in [6.45, 7) is 8.05. The predicted octanol–water partition coefficient (Wildman–Crippen LogP) is 3.87. The molecule has 0 bridgehead atoms. The second kappa shape index (κ2) is 7.78. The highest BCUT2D eigenvalue weighted by Crippen LogP contribution is 2.23. The lowest BCUT2D eigenvalue weighted by atomic mass is 10.1. The summed E-state index contributed by atoms with van der Waals surface area (Å²) in [5.41, 5.74) is 1.22. The fraction of sp³-hybridized carbons (Fsp3) is 0.400. The van der Waals surface area contributed by atoms with E-state index < -0.39 is 0 Å². The van der Waals surface area contributed by atoms with Crippen LogP contribution < -0.4 is 5.32 Å². The van der Waals surface area contributed by atoms with Gasteiger partial charge in [-0.25, -0.2) is 0 Å². The van der Waals surface area contributed by atoms with Gasteiger partial charge in [0.25, 0.3) is 5.91 Å². The zero-order chi connectivity index (χ0) is 16.0. The summed E-state index contributed by atoms with van der Waals surface area (Å²) in [7, 11) is 1.75. The Labute approximate surface area is 130 Å². The number of hydrogen-bond acceptors (Lipinski definition) is 3. The van der Waals surface area contributed by atoms with Crippen LogP contribution >= 0.6 is 11.6 Å². The molecule has 0 saturated carbocycles. The molecule has 1 amide bonds. The van der Waals surface area contributed by atoms with Crippen LogP contribution in [0, 0.1) is 0 Å². The van der Waals surface area contributed by atoms with Gasteiger partial charge in [0.15, 0.2) is 0 Å². The Morgan fingerprint density at radius 3 is 2.52 bits per heavy atom. The topological polar surface area (TPSA) is 59.8 Å². The Balaban J connectivity index is 0.00000106. The SMILES string of the molecule is CC.CC(C)c1cnc(C(=O)Nc2ccnn2C)cc1Cl. The zero-order valence-corrected chi connectivity index (χ0v) is 13.8. The summed E-state index contributed by atoms with van der Waals surface area (Å²) in [5, 5.41) is 7.25. The molecule has 21 heavy (non-hydrogen) atoms. The number of aryl methyl sites for hydroxylation is 1. The average molecular weight is 309 g/mol. The Bertz CT molecular complexity index is 607. The lowest BCUT2D eigenvalue weighted by molar-refractivity contribution is 0.102. The first kappa shape index (κ1) is 17.2. The number of anilines is 1. The van der Waals surface area contributed by atoms with Crippen LogP contribution in [0.4, 0.5) is 5.82 Å². The van der Waals surface area contributed by atoms with Crippen molar-refractivity contribution in [2.45, 2.75) is 33.6 Å². The van der Waals surface area contributed by atoms with Crippen molar-refractivity contribution in [1.82, 2.24) is 14.8 Å². The summed E-state index contributed by atoms with van der Waals surface area (Å²) >= 11 is 6.14. The number of aromatic nitrogens is 3. The monoisotopic (exact) mass is 308 g/mol. The Morgan fingerprint density at radius 1 is 1.38 bits per heavy atom. The van der Waals surface area contributed by atoms with Crippen LogP contribution in [0.1, 0.15) is 49.7 Å². The molecule has 0 fully saturated rings. The van der Waals surface area contributed by atoms with E-state index in [4.69, 9.17) is 11.6 Å². The number of amides is 1. The van der Waals surface area contributed by atoms with Crippen molar-refractivity contribution in [3.8, 4) is 0 Å². The number of carbonyl (C=O) groups excluding carboxylic acids is 1. The number of rotatable bonds is 3. The van der Waals surface area contributed by atoms with Gasteiger partial charge in [0.2, 0.25) is 0 Å². The fourth-order valence-corrected chi connectivity index (χ4v) is 2.04. The molecule has 1 N–H and O–H groups in total. The molecule has 0 unspecified atom stereocenters. The van der Waals surface area contributed by atoms with Crippen LogP contribution in [0.25, 0.3) is 0 Å². The van der Waals surface area contributed by atoms with E-state index in [0.717, 1.165) is 5.56 Å². The van der Waals surface area contributed by atoms with Crippen LogP contribution in [0.2, 0.25) is 5.02 Å². The molecule has 0 aromatic carbocycles. The van der Waals surface area contributed by atoms with Crippen LogP contribution in [0.5, 0.6) is 0 Å². The van der Waals surface area contributed by atoms with Crippen molar-refractivity contribution in [2.24, 2.45) is 7.05 Å². The quantitative estimate of drug-likeness (QED) is 0.936. The van der Waals surface area contributed by atoms with E-state index in [2.05, 4.69) is 15.4 Å². The van der Waals surface area contributed by atoms with Gasteiger partial charge in [-0.3, -0.25) is 14.5 Å². The first-order chi connectivity index (χ1) is 9.99. The van der Waals surface area contributed by atoms with Crippen molar-refractivity contribution in [3.05, 3.63) is 40.8 Å². The molecule has 0 aliphatic heterocycles. The molecule has 2 aromatic heterocycles. The second-order valence-corrected chi connectivity index (χ2v) is 4.95. The van der Waals surface area contributed by atoms with Gasteiger partial charge in [-0.05, 0) is 17.5 Å².